The molecule has 0 spiro atoms. The minimum absolute atomic E-state index is 0. The van der Waals surface area contributed by atoms with E-state index in [1.807, 2.05) is 25.1 Å². The van der Waals surface area contributed by atoms with E-state index in [1.54, 1.807) is 25.1 Å². The SMILES string of the molecule is CCOC(=O)/C=C/c1cccc(OC(=O)[C@@]2(C)CC[C@]3(C)CC[C@]4(C)C(=CC(=O)[C@@H]5[C@@]6(C)CC[C@H](OC(=O)[C@@H](N)CC[Se]C)C(C)(C)[C@@H]6CC[C@]54C)[C@H]3C2)c1.Cl. The molecule has 0 aliphatic heterocycles. The molecule has 8 nitrogen and oxygen atoms in total. The third-order valence-corrected chi connectivity index (χ3v) is 17.3. The van der Waals surface area contributed by atoms with Crippen molar-refractivity contribution in [1.82, 2.24) is 0 Å². The Balaban J connectivity index is 0.00000600. The van der Waals surface area contributed by atoms with Crippen LogP contribution in [0.1, 0.15) is 125 Å². The molecular weight excluding hydrogens is 793 g/mol. The molecule has 56 heavy (non-hydrogen) atoms. The first-order chi connectivity index (χ1) is 25.8. The molecule has 1 aromatic carbocycles. The van der Waals surface area contributed by atoms with Gasteiger partial charge in [0.25, 0.3) is 0 Å². The van der Waals surface area contributed by atoms with Crippen molar-refractivity contribution in [2.75, 3.05) is 6.61 Å². The van der Waals surface area contributed by atoms with Crippen molar-refractivity contribution in [3.63, 3.8) is 0 Å². The summed E-state index contributed by atoms with van der Waals surface area (Å²) in [5, 5.41) is 0.964. The van der Waals surface area contributed by atoms with Crippen molar-refractivity contribution in [3.05, 3.63) is 47.6 Å². The molecule has 0 unspecified atom stereocenters. The molecule has 6 rings (SSSR count). The van der Waals surface area contributed by atoms with Crippen LogP contribution < -0.4 is 10.5 Å². The standard InChI is InChI=1S/C46H65NO7Se.ClH/c1-10-52-37(49)15-14-29-12-11-13-30(26-29)53-40(51)43(5)22-21-42(4)23-24-45(7)31(32(42)28-43)27-34(48)38-44(6)19-17-36(54-39(50)33(47)18-25-55-9)41(2,3)35(44)16-20-46(38,45)8;/h11-15,26-27,32-33,35-36,38H,10,16-25,28,47H2,1-9H3;1H/b15-14+;/t32-,33+,35+,36+,38-,42-,43+,44+,45-,46-;/m1./s1. The van der Waals surface area contributed by atoms with Crippen LogP contribution in [-0.2, 0) is 28.7 Å². The van der Waals surface area contributed by atoms with E-state index in [0.29, 0.717) is 40.2 Å². The van der Waals surface area contributed by atoms with E-state index < -0.39 is 17.4 Å². The van der Waals surface area contributed by atoms with Gasteiger partial charge in [-0.25, -0.2) is 4.79 Å². The summed E-state index contributed by atoms with van der Waals surface area (Å²) < 4.78 is 17.3. The van der Waals surface area contributed by atoms with E-state index in [0.717, 1.165) is 62.2 Å². The number of allylic oxidation sites excluding steroid dienone is 2. The fourth-order valence-electron chi connectivity index (χ4n) is 12.4. The van der Waals surface area contributed by atoms with Gasteiger partial charge in [0.1, 0.15) is 5.75 Å². The Hall–Kier alpha value is -2.45. The van der Waals surface area contributed by atoms with E-state index in [9.17, 15) is 19.2 Å². The number of nitrogens with two attached hydrogens (primary N) is 1. The molecule has 10 atom stereocenters. The number of halogens is 1. The van der Waals surface area contributed by atoms with Gasteiger partial charge in [0.2, 0.25) is 0 Å². The minimum atomic E-state index is -0.718. The second-order valence-electron chi connectivity index (χ2n) is 19.5. The first kappa shape index (κ1) is 44.6. The zero-order chi connectivity index (χ0) is 40.2. The molecule has 310 valence electrons. The van der Waals surface area contributed by atoms with Crippen LogP contribution in [0.25, 0.3) is 6.08 Å². The fourth-order valence-corrected chi connectivity index (χ4v) is 13.4. The Morgan fingerprint density at radius 2 is 1.70 bits per heavy atom. The van der Waals surface area contributed by atoms with Crippen LogP contribution in [0.5, 0.6) is 5.75 Å². The number of rotatable bonds is 10. The van der Waals surface area contributed by atoms with Gasteiger partial charge >= 0.3 is 181 Å². The number of esters is 3. The molecule has 0 saturated heterocycles. The number of fused-ring (bicyclic) bond motifs is 7. The van der Waals surface area contributed by atoms with Crippen molar-refractivity contribution in [2.45, 2.75) is 143 Å². The third-order valence-electron chi connectivity index (χ3n) is 16.0. The van der Waals surface area contributed by atoms with Gasteiger partial charge < -0.3 is 9.47 Å². The maximum atomic E-state index is 14.9. The quantitative estimate of drug-likeness (QED) is 0.107. The number of ketones is 1. The van der Waals surface area contributed by atoms with Gasteiger partial charge in [-0.15, -0.1) is 12.4 Å². The van der Waals surface area contributed by atoms with Crippen molar-refractivity contribution in [2.24, 2.45) is 56.0 Å². The summed E-state index contributed by atoms with van der Waals surface area (Å²) in [5.74, 6) is 2.07. The summed E-state index contributed by atoms with van der Waals surface area (Å²) in [6, 6.07) is 6.63. The predicted molar refractivity (Wildman–Crippen MR) is 223 cm³/mol. The summed E-state index contributed by atoms with van der Waals surface area (Å²) in [7, 11) is 0. The molecule has 0 amide bonds. The minimum Gasteiger partial charge on any atom is -0.147 e. The van der Waals surface area contributed by atoms with Gasteiger partial charge in [0.05, 0.1) is 12.0 Å². The van der Waals surface area contributed by atoms with Crippen molar-refractivity contribution < 1.29 is 33.4 Å². The van der Waals surface area contributed by atoms with Gasteiger partial charge in [-0.3, -0.25) is 4.79 Å². The number of carbonyl (C=O) groups excluding carboxylic acids is 4. The molecule has 0 radical (unpaired) electrons. The Kier molecular flexibility index (Phi) is 13.0. The van der Waals surface area contributed by atoms with Gasteiger partial charge in [-0.2, -0.15) is 0 Å². The molecule has 0 heterocycles. The summed E-state index contributed by atoms with van der Waals surface area (Å²) in [6.07, 6.45) is 13.4. The van der Waals surface area contributed by atoms with Gasteiger partial charge in [-0.1, -0.05) is 31.6 Å². The van der Waals surface area contributed by atoms with E-state index in [4.69, 9.17) is 19.9 Å². The van der Waals surface area contributed by atoms with E-state index in [1.165, 1.54) is 11.6 Å². The van der Waals surface area contributed by atoms with Crippen LogP contribution in [0.2, 0.25) is 11.1 Å². The molecule has 5 aliphatic carbocycles. The summed E-state index contributed by atoms with van der Waals surface area (Å²) in [4.78, 5) is 54.0. The van der Waals surface area contributed by atoms with Crippen LogP contribution in [-0.4, -0.2) is 57.4 Å². The average molecular weight is 859 g/mol. The predicted octanol–water partition coefficient (Wildman–Crippen LogP) is 9.37. The number of benzene rings is 1. The second kappa shape index (κ2) is 16.3. The molecular formula is C46H66ClNO7Se. The average Bonchev–Trinajstić information content (AvgIpc) is 3.12. The zero-order valence-corrected chi connectivity index (χ0v) is 37.7. The van der Waals surface area contributed by atoms with Crippen molar-refractivity contribution in [3.8, 4) is 5.75 Å². The molecule has 10 heteroatoms. The summed E-state index contributed by atoms with van der Waals surface area (Å²) >= 11 is 0.468. The van der Waals surface area contributed by atoms with Crippen LogP contribution in [0.3, 0.4) is 0 Å². The Morgan fingerprint density at radius 3 is 2.39 bits per heavy atom. The summed E-state index contributed by atoms with van der Waals surface area (Å²) in [5.41, 5.74) is 6.58. The number of ether oxygens (including phenoxy) is 3. The second-order valence-corrected chi connectivity index (χ2v) is 21.5. The molecule has 0 aromatic heterocycles. The Labute approximate surface area is 347 Å². The first-order valence-corrected chi connectivity index (χ1v) is 23.6. The summed E-state index contributed by atoms with van der Waals surface area (Å²) in [6.45, 7) is 18.2. The topological polar surface area (TPSA) is 122 Å². The van der Waals surface area contributed by atoms with Gasteiger partial charge in [-0.05, 0) is 81.1 Å². The third kappa shape index (κ3) is 7.61. The van der Waals surface area contributed by atoms with Crippen LogP contribution in [0, 0.1) is 50.2 Å². The number of carbonyl (C=O) groups is 4. The Morgan fingerprint density at radius 1 is 0.982 bits per heavy atom. The number of hydrogen-bond acceptors (Lipinski definition) is 8. The van der Waals surface area contributed by atoms with E-state index in [-0.39, 0.29) is 81.1 Å². The van der Waals surface area contributed by atoms with Gasteiger partial charge in [0.15, 0.2) is 0 Å². The maximum absolute atomic E-state index is 14.9. The zero-order valence-electron chi connectivity index (χ0n) is 35.2. The molecule has 4 saturated carbocycles. The normalized spacial score (nSPS) is 37.7. The molecule has 0 bridgehead atoms. The van der Waals surface area contributed by atoms with Crippen molar-refractivity contribution >= 4 is 57.1 Å². The fraction of sp³-hybridized carbons (Fsp3) is 0.696. The molecule has 5 aliphatic rings. The molecule has 4 fully saturated rings. The Bertz CT molecular complexity index is 1760. The number of hydrogen-bond donors (Lipinski definition) is 1. The molecule has 1 aromatic rings. The first-order valence-electron chi connectivity index (χ1n) is 20.7. The van der Waals surface area contributed by atoms with E-state index >= 15 is 0 Å². The van der Waals surface area contributed by atoms with E-state index in [2.05, 4.69) is 47.4 Å². The monoisotopic (exact) mass is 859 g/mol. The van der Waals surface area contributed by atoms with Crippen LogP contribution in [0.15, 0.2) is 42.0 Å². The smallest absolute Gasteiger partial charge is 0.147 e. The van der Waals surface area contributed by atoms with Crippen LogP contribution in [0.4, 0.5) is 0 Å². The molecule has 2 N–H and O–H groups in total. The van der Waals surface area contributed by atoms with Gasteiger partial charge in [0, 0.05) is 6.08 Å². The van der Waals surface area contributed by atoms with Crippen molar-refractivity contribution in [1.29, 1.82) is 0 Å². The van der Waals surface area contributed by atoms with Crippen LogP contribution >= 0.6 is 12.4 Å².